The molecule has 0 spiro atoms. The Kier molecular flexibility index (Phi) is 7.52. The Morgan fingerprint density at radius 3 is 2.50 bits per heavy atom. The normalized spacial score (nSPS) is 10.3. The molecule has 2 amide bonds. The van der Waals surface area contributed by atoms with Crippen LogP contribution < -0.4 is 5.32 Å². The third-order valence-corrected chi connectivity index (χ3v) is 4.16. The molecule has 0 aromatic heterocycles. The number of nitrogens with one attached hydrogen (secondary N) is 1. The topological polar surface area (TPSA) is 75.7 Å². The first kappa shape index (κ1) is 21.4. The van der Waals surface area contributed by atoms with Crippen molar-refractivity contribution in [2.75, 3.05) is 25.0 Å². The van der Waals surface area contributed by atoms with Crippen molar-refractivity contribution < 1.29 is 23.5 Å². The van der Waals surface area contributed by atoms with Gasteiger partial charge in [-0.05, 0) is 50.2 Å². The second kappa shape index (κ2) is 9.85. The highest BCUT2D eigenvalue weighted by molar-refractivity contribution is 6.30. The summed E-state index contributed by atoms with van der Waals surface area (Å²) >= 11 is 5.73. The van der Waals surface area contributed by atoms with Crippen LogP contribution in [0.15, 0.2) is 42.5 Å². The second-order valence-corrected chi connectivity index (χ2v) is 6.24. The van der Waals surface area contributed by atoms with Crippen molar-refractivity contribution in [3.05, 3.63) is 64.4 Å². The lowest BCUT2D eigenvalue weighted by Crippen LogP contribution is -2.30. The fourth-order valence-electron chi connectivity index (χ4n) is 2.48. The molecule has 8 heteroatoms. The number of carbonyl (C=O) groups excluding carboxylic acids is 3. The van der Waals surface area contributed by atoms with Gasteiger partial charge in [-0.25, -0.2) is 9.18 Å². The number of esters is 1. The minimum absolute atomic E-state index is 0.149. The number of hydrogen-bond donors (Lipinski definition) is 1. The van der Waals surface area contributed by atoms with Gasteiger partial charge in [0.1, 0.15) is 5.82 Å². The Morgan fingerprint density at radius 2 is 1.82 bits per heavy atom. The van der Waals surface area contributed by atoms with E-state index in [1.54, 1.807) is 23.1 Å². The number of ether oxygens (including phenoxy) is 1. The van der Waals surface area contributed by atoms with Gasteiger partial charge < -0.3 is 15.0 Å². The molecule has 0 bridgehead atoms. The fourth-order valence-corrected chi connectivity index (χ4v) is 2.66. The zero-order valence-corrected chi connectivity index (χ0v) is 16.3. The van der Waals surface area contributed by atoms with Crippen molar-refractivity contribution in [1.82, 2.24) is 4.90 Å². The Bertz CT molecular complexity index is 884. The number of anilines is 1. The molecule has 0 aliphatic carbocycles. The molecule has 6 nitrogen and oxygen atoms in total. The minimum Gasteiger partial charge on any atom is -0.452 e. The number of benzene rings is 2. The largest absolute Gasteiger partial charge is 0.452 e. The summed E-state index contributed by atoms with van der Waals surface area (Å²) in [7, 11) is 0. The molecule has 0 radical (unpaired) electrons. The van der Waals surface area contributed by atoms with Gasteiger partial charge in [0.15, 0.2) is 6.61 Å². The molecule has 0 aliphatic rings. The Morgan fingerprint density at radius 1 is 1.11 bits per heavy atom. The van der Waals surface area contributed by atoms with Crippen molar-refractivity contribution in [2.45, 2.75) is 13.8 Å². The zero-order chi connectivity index (χ0) is 20.7. The Balaban J connectivity index is 1.98. The highest BCUT2D eigenvalue weighted by atomic mass is 35.5. The number of rotatable bonds is 7. The lowest BCUT2D eigenvalue weighted by atomic mass is 10.1. The maximum absolute atomic E-state index is 13.6. The maximum atomic E-state index is 13.6. The van der Waals surface area contributed by atoms with Crippen molar-refractivity contribution in [3.63, 3.8) is 0 Å². The van der Waals surface area contributed by atoms with Crippen LogP contribution in [0.5, 0.6) is 0 Å². The van der Waals surface area contributed by atoms with E-state index in [1.807, 2.05) is 13.8 Å². The monoisotopic (exact) mass is 406 g/mol. The van der Waals surface area contributed by atoms with Crippen LogP contribution in [0.25, 0.3) is 0 Å². The summed E-state index contributed by atoms with van der Waals surface area (Å²) in [6.07, 6.45) is 0. The predicted octanol–water partition coefficient (Wildman–Crippen LogP) is 3.76. The van der Waals surface area contributed by atoms with Gasteiger partial charge in [0.2, 0.25) is 0 Å². The van der Waals surface area contributed by atoms with Crippen molar-refractivity contribution in [3.8, 4) is 0 Å². The predicted molar refractivity (Wildman–Crippen MR) is 104 cm³/mol. The van der Waals surface area contributed by atoms with Crippen LogP contribution in [0.3, 0.4) is 0 Å². The molecule has 0 aliphatic heterocycles. The van der Waals surface area contributed by atoms with Crippen LogP contribution >= 0.6 is 11.6 Å². The van der Waals surface area contributed by atoms with Gasteiger partial charge in [0.05, 0.1) is 5.56 Å². The van der Waals surface area contributed by atoms with E-state index in [0.29, 0.717) is 24.3 Å². The Labute approximate surface area is 167 Å². The van der Waals surface area contributed by atoms with Gasteiger partial charge in [0, 0.05) is 29.4 Å². The summed E-state index contributed by atoms with van der Waals surface area (Å²) in [5, 5.41) is 2.71. The summed E-state index contributed by atoms with van der Waals surface area (Å²) in [4.78, 5) is 38.0. The minimum atomic E-state index is -0.999. The van der Waals surface area contributed by atoms with Gasteiger partial charge in [0.25, 0.3) is 11.8 Å². The van der Waals surface area contributed by atoms with Gasteiger partial charge >= 0.3 is 5.97 Å². The van der Waals surface area contributed by atoms with Crippen LogP contribution in [-0.4, -0.2) is 42.4 Å². The molecule has 2 aromatic rings. The van der Waals surface area contributed by atoms with E-state index in [4.69, 9.17) is 16.3 Å². The molecule has 0 atom stereocenters. The smallest absolute Gasteiger partial charge is 0.341 e. The molecule has 2 aromatic carbocycles. The summed E-state index contributed by atoms with van der Waals surface area (Å²) < 4.78 is 18.5. The van der Waals surface area contributed by atoms with Crippen LogP contribution in [0.2, 0.25) is 5.02 Å². The molecule has 2 rings (SSSR count). The van der Waals surface area contributed by atoms with Crippen LogP contribution in [0.4, 0.5) is 10.1 Å². The average Bonchev–Trinajstić information content (AvgIpc) is 2.69. The molecule has 0 heterocycles. The first-order valence-corrected chi connectivity index (χ1v) is 9.04. The van der Waals surface area contributed by atoms with E-state index in [9.17, 15) is 18.8 Å². The summed E-state index contributed by atoms with van der Waals surface area (Å²) in [6, 6.07) is 9.90. The molecule has 0 saturated heterocycles. The van der Waals surface area contributed by atoms with Gasteiger partial charge in [-0.2, -0.15) is 0 Å². The lowest BCUT2D eigenvalue weighted by Gasteiger charge is -2.19. The van der Waals surface area contributed by atoms with Crippen molar-refractivity contribution in [1.29, 1.82) is 0 Å². The quantitative estimate of drug-likeness (QED) is 0.710. The van der Waals surface area contributed by atoms with Gasteiger partial charge in [-0.3, -0.25) is 9.59 Å². The molecule has 1 N–H and O–H groups in total. The lowest BCUT2D eigenvalue weighted by molar-refractivity contribution is -0.119. The molecule has 148 valence electrons. The molecular formula is C20H20ClFN2O4. The van der Waals surface area contributed by atoms with E-state index < -0.39 is 24.3 Å². The van der Waals surface area contributed by atoms with E-state index in [0.717, 1.165) is 12.1 Å². The third-order valence-electron chi connectivity index (χ3n) is 3.93. The Hall–Kier alpha value is -2.93. The highest BCUT2D eigenvalue weighted by Crippen LogP contribution is 2.16. The SMILES string of the molecule is CCN(CC)C(=O)c1cccc(NC(=O)COC(=O)c2cc(Cl)ccc2F)c1. The molecule has 0 saturated carbocycles. The standard InChI is InChI=1S/C20H20ClFN2O4/c1-3-24(4-2)19(26)13-6-5-7-15(10-13)23-18(25)12-28-20(27)16-11-14(21)8-9-17(16)22/h5-11H,3-4,12H2,1-2H3,(H,23,25). The fraction of sp³-hybridized carbons (Fsp3) is 0.250. The number of nitrogens with zero attached hydrogens (tertiary/aromatic N) is 1. The zero-order valence-electron chi connectivity index (χ0n) is 15.5. The molecule has 0 fully saturated rings. The first-order valence-electron chi connectivity index (χ1n) is 8.67. The third kappa shape index (κ3) is 5.53. The summed E-state index contributed by atoms with van der Waals surface area (Å²) in [5.41, 5.74) is 0.458. The molecular weight excluding hydrogens is 387 g/mol. The number of amides is 2. The summed E-state index contributed by atoms with van der Waals surface area (Å²) in [5.74, 6) is -2.56. The maximum Gasteiger partial charge on any atom is 0.341 e. The number of carbonyl (C=O) groups is 3. The van der Waals surface area contributed by atoms with E-state index in [1.165, 1.54) is 12.1 Å². The number of halogens is 2. The molecule has 28 heavy (non-hydrogen) atoms. The van der Waals surface area contributed by atoms with E-state index >= 15 is 0 Å². The van der Waals surface area contributed by atoms with Crippen LogP contribution in [-0.2, 0) is 9.53 Å². The number of hydrogen-bond acceptors (Lipinski definition) is 4. The van der Waals surface area contributed by atoms with Crippen molar-refractivity contribution in [2.24, 2.45) is 0 Å². The molecule has 0 unspecified atom stereocenters. The van der Waals surface area contributed by atoms with Gasteiger partial charge in [-0.15, -0.1) is 0 Å². The van der Waals surface area contributed by atoms with E-state index in [2.05, 4.69) is 5.32 Å². The van der Waals surface area contributed by atoms with Crippen LogP contribution in [0.1, 0.15) is 34.6 Å². The van der Waals surface area contributed by atoms with E-state index in [-0.39, 0.29) is 16.5 Å². The summed E-state index contributed by atoms with van der Waals surface area (Å²) in [6.45, 7) is 4.29. The highest BCUT2D eigenvalue weighted by Gasteiger charge is 2.16. The van der Waals surface area contributed by atoms with Crippen LogP contribution in [0, 0.1) is 5.82 Å². The first-order chi connectivity index (χ1) is 13.3. The van der Waals surface area contributed by atoms with Gasteiger partial charge in [-0.1, -0.05) is 17.7 Å². The second-order valence-electron chi connectivity index (χ2n) is 5.81. The van der Waals surface area contributed by atoms with Crippen molar-refractivity contribution >= 4 is 35.1 Å². The average molecular weight is 407 g/mol.